The van der Waals surface area contributed by atoms with Crippen LogP contribution in [-0.2, 0) is 11.3 Å². The molecule has 19 heavy (non-hydrogen) atoms. The molecule has 0 unspecified atom stereocenters. The number of ether oxygens (including phenoxy) is 1. The van der Waals surface area contributed by atoms with Crippen molar-refractivity contribution in [2.24, 2.45) is 10.7 Å². The quantitative estimate of drug-likeness (QED) is 0.510. The molecule has 2 rings (SSSR count). The smallest absolute Gasteiger partial charge is 0.191 e. The fourth-order valence-electron chi connectivity index (χ4n) is 1.74. The molecule has 1 aromatic carbocycles. The van der Waals surface area contributed by atoms with Crippen LogP contribution >= 0.6 is 15.9 Å². The summed E-state index contributed by atoms with van der Waals surface area (Å²) in [6.07, 6.45) is 0. The maximum Gasteiger partial charge on any atom is 0.191 e. The Morgan fingerprint density at radius 1 is 1.32 bits per heavy atom. The number of rotatable bonds is 2. The molecule has 0 aromatic heterocycles. The van der Waals surface area contributed by atoms with Gasteiger partial charge in [-0.05, 0) is 17.7 Å². The van der Waals surface area contributed by atoms with Gasteiger partial charge in [-0.15, -0.1) is 0 Å². The summed E-state index contributed by atoms with van der Waals surface area (Å²) in [5.74, 6) is -1.39. The molecule has 2 N–H and O–H groups in total. The van der Waals surface area contributed by atoms with Gasteiger partial charge in [0.25, 0.3) is 0 Å². The number of nitrogens with two attached hydrogens (primary N) is 1. The zero-order valence-corrected chi connectivity index (χ0v) is 11.8. The highest BCUT2D eigenvalue weighted by molar-refractivity contribution is 9.10. The number of aliphatic imine (C=N–C) groups is 1. The molecule has 0 radical (unpaired) electrons. The Labute approximate surface area is 118 Å². The molecule has 0 bridgehead atoms. The van der Waals surface area contributed by atoms with E-state index in [0.29, 0.717) is 42.3 Å². The van der Waals surface area contributed by atoms with Gasteiger partial charge in [0.05, 0.1) is 19.8 Å². The van der Waals surface area contributed by atoms with E-state index in [2.05, 4.69) is 20.9 Å². The molecule has 1 heterocycles. The molecule has 0 spiro atoms. The van der Waals surface area contributed by atoms with Crippen molar-refractivity contribution in [2.75, 3.05) is 26.3 Å². The summed E-state index contributed by atoms with van der Waals surface area (Å²) in [4.78, 5) is 6.10. The number of hydrogen-bond donors (Lipinski definition) is 1. The van der Waals surface area contributed by atoms with Gasteiger partial charge in [0.15, 0.2) is 17.6 Å². The lowest BCUT2D eigenvalue weighted by Crippen LogP contribution is -2.44. The molecule has 1 aliphatic rings. The summed E-state index contributed by atoms with van der Waals surface area (Å²) in [7, 11) is 0. The highest BCUT2D eigenvalue weighted by Crippen LogP contribution is 2.21. The molecule has 1 aromatic rings. The van der Waals surface area contributed by atoms with Crippen molar-refractivity contribution in [3.63, 3.8) is 0 Å². The largest absolute Gasteiger partial charge is 0.378 e. The van der Waals surface area contributed by atoms with Crippen LogP contribution in [0, 0.1) is 11.6 Å². The van der Waals surface area contributed by atoms with Gasteiger partial charge in [0.2, 0.25) is 0 Å². The van der Waals surface area contributed by atoms with Crippen LogP contribution < -0.4 is 5.73 Å². The molecule has 0 atom stereocenters. The maximum absolute atomic E-state index is 13.1. The molecular formula is C12H14BrF2N3O. The molecule has 4 nitrogen and oxygen atoms in total. The van der Waals surface area contributed by atoms with Crippen molar-refractivity contribution in [3.05, 3.63) is 33.8 Å². The van der Waals surface area contributed by atoms with Gasteiger partial charge in [0.1, 0.15) is 0 Å². The number of hydrogen-bond acceptors (Lipinski definition) is 2. The lowest BCUT2D eigenvalue weighted by Gasteiger charge is -2.27. The Balaban J connectivity index is 2.06. The molecule has 104 valence electrons. The molecule has 0 amide bonds. The van der Waals surface area contributed by atoms with E-state index in [1.54, 1.807) is 0 Å². The molecular weight excluding hydrogens is 320 g/mol. The summed E-state index contributed by atoms with van der Waals surface area (Å²) >= 11 is 3.18. The number of halogens is 3. The maximum atomic E-state index is 13.1. The van der Waals surface area contributed by atoms with Crippen molar-refractivity contribution in [2.45, 2.75) is 6.54 Å². The van der Waals surface area contributed by atoms with Crippen LogP contribution in [0.4, 0.5) is 8.78 Å². The van der Waals surface area contributed by atoms with Crippen LogP contribution in [0.15, 0.2) is 21.6 Å². The molecule has 0 aliphatic carbocycles. The summed E-state index contributed by atoms with van der Waals surface area (Å²) < 4.78 is 31.8. The number of morpholine rings is 1. The van der Waals surface area contributed by atoms with Crippen LogP contribution in [-0.4, -0.2) is 37.2 Å². The van der Waals surface area contributed by atoms with Crippen LogP contribution in [0.25, 0.3) is 0 Å². The minimum Gasteiger partial charge on any atom is -0.378 e. The fourth-order valence-corrected chi connectivity index (χ4v) is 2.18. The van der Waals surface area contributed by atoms with E-state index in [-0.39, 0.29) is 6.54 Å². The predicted octanol–water partition coefficient (Wildman–Crippen LogP) is 1.87. The van der Waals surface area contributed by atoms with Crippen molar-refractivity contribution in [1.29, 1.82) is 0 Å². The van der Waals surface area contributed by atoms with Crippen LogP contribution in [0.5, 0.6) is 0 Å². The Morgan fingerprint density at radius 2 is 1.95 bits per heavy atom. The highest BCUT2D eigenvalue weighted by atomic mass is 79.9. The minimum absolute atomic E-state index is 0.195. The first kappa shape index (κ1) is 14.2. The van der Waals surface area contributed by atoms with E-state index >= 15 is 0 Å². The Hall–Kier alpha value is -1.21. The van der Waals surface area contributed by atoms with Gasteiger partial charge >= 0.3 is 0 Å². The van der Waals surface area contributed by atoms with Gasteiger partial charge in [-0.25, -0.2) is 13.8 Å². The van der Waals surface area contributed by atoms with E-state index in [4.69, 9.17) is 10.5 Å². The van der Waals surface area contributed by atoms with Gasteiger partial charge in [-0.2, -0.15) is 0 Å². The standard InChI is InChI=1S/C12H14BrF2N3O/c13-9-6-11(15)10(14)5-8(9)7-17-12(16)18-1-3-19-4-2-18/h5-6H,1-4,7H2,(H2,16,17). The van der Waals surface area contributed by atoms with Gasteiger partial charge < -0.3 is 15.4 Å². The first-order valence-electron chi connectivity index (χ1n) is 5.84. The van der Waals surface area contributed by atoms with Crippen LogP contribution in [0.1, 0.15) is 5.56 Å². The molecule has 0 saturated carbocycles. The second-order valence-corrected chi connectivity index (χ2v) is 4.99. The monoisotopic (exact) mass is 333 g/mol. The summed E-state index contributed by atoms with van der Waals surface area (Å²) in [6.45, 7) is 2.81. The Morgan fingerprint density at radius 3 is 2.63 bits per heavy atom. The van der Waals surface area contributed by atoms with E-state index in [9.17, 15) is 8.78 Å². The van der Waals surface area contributed by atoms with Gasteiger partial charge in [0, 0.05) is 17.6 Å². The average molecular weight is 334 g/mol. The summed E-state index contributed by atoms with van der Waals surface area (Å²) in [5, 5.41) is 0. The van der Waals surface area contributed by atoms with Crippen molar-refractivity contribution >= 4 is 21.9 Å². The SMILES string of the molecule is NC(=NCc1cc(F)c(F)cc1Br)N1CCOCC1. The average Bonchev–Trinajstić information content (AvgIpc) is 2.42. The van der Waals surface area contributed by atoms with E-state index < -0.39 is 11.6 Å². The minimum atomic E-state index is -0.890. The van der Waals surface area contributed by atoms with Crippen LogP contribution in [0.2, 0.25) is 0 Å². The number of benzene rings is 1. The first-order valence-corrected chi connectivity index (χ1v) is 6.63. The zero-order valence-electron chi connectivity index (χ0n) is 10.2. The van der Waals surface area contributed by atoms with Crippen molar-refractivity contribution < 1.29 is 13.5 Å². The van der Waals surface area contributed by atoms with Gasteiger partial charge in [-0.3, -0.25) is 0 Å². The number of nitrogens with zero attached hydrogens (tertiary/aromatic N) is 2. The zero-order chi connectivity index (χ0) is 13.8. The lowest BCUT2D eigenvalue weighted by molar-refractivity contribution is 0.0674. The molecule has 1 saturated heterocycles. The van der Waals surface area contributed by atoms with Crippen LogP contribution in [0.3, 0.4) is 0 Å². The molecule has 7 heteroatoms. The van der Waals surface area contributed by atoms with Crippen molar-refractivity contribution in [1.82, 2.24) is 4.90 Å². The highest BCUT2D eigenvalue weighted by Gasteiger charge is 2.13. The van der Waals surface area contributed by atoms with Crippen molar-refractivity contribution in [3.8, 4) is 0 Å². The predicted molar refractivity (Wildman–Crippen MR) is 71.8 cm³/mol. The first-order chi connectivity index (χ1) is 9.08. The topological polar surface area (TPSA) is 50.8 Å². The third-order valence-electron chi connectivity index (χ3n) is 2.84. The fraction of sp³-hybridized carbons (Fsp3) is 0.417. The molecule has 1 fully saturated rings. The van der Waals surface area contributed by atoms with E-state index in [1.165, 1.54) is 0 Å². The normalized spacial score (nSPS) is 16.8. The number of guanidine groups is 1. The lowest BCUT2D eigenvalue weighted by atomic mass is 10.2. The van der Waals surface area contributed by atoms with E-state index in [1.807, 2.05) is 4.90 Å². The molecule has 1 aliphatic heterocycles. The summed E-state index contributed by atoms with van der Waals surface area (Å²) in [6, 6.07) is 2.21. The second kappa shape index (κ2) is 6.29. The Kier molecular flexibility index (Phi) is 4.71. The third kappa shape index (κ3) is 3.63. The second-order valence-electron chi connectivity index (χ2n) is 4.13. The van der Waals surface area contributed by atoms with E-state index in [0.717, 1.165) is 12.1 Å². The Bertz CT molecular complexity index is 490. The van der Waals surface area contributed by atoms with Gasteiger partial charge in [-0.1, -0.05) is 15.9 Å². The summed E-state index contributed by atoms with van der Waals surface area (Å²) in [5.41, 5.74) is 6.40. The third-order valence-corrected chi connectivity index (χ3v) is 3.57.